The second-order valence-corrected chi connectivity index (χ2v) is 5.23. The average molecular weight is 336 g/mol. The minimum atomic E-state index is -0.512. The lowest BCUT2D eigenvalue weighted by Gasteiger charge is -2.21. The molecule has 0 aromatic rings. The highest BCUT2D eigenvalue weighted by molar-refractivity contribution is 5.68. The Bertz CT molecular complexity index is 763. The van der Waals surface area contributed by atoms with Crippen molar-refractivity contribution in [1.82, 2.24) is 5.32 Å². The van der Waals surface area contributed by atoms with Crippen LogP contribution >= 0.6 is 0 Å². The molecule has 0 bridgehead atoms. The molecular weight excluding hydrogens is 316 g/mol. The molecule has 0 fully saturated rings. The number of hydrogen-bond donors (Lipinski definition) is 1. The maximum Gasteiger partial charge on any atom is 0.407 e. The van der Waals surface area contributed by atoms with E-state index in [1.807, 2.05) is 0 Å². The Morgan fingerprint density at radius 2 is 1.72 bits per heavy atom. The van der Waals surface area contributed by atoms with Crippen molar-refractivity contribution in [2.75, 3.05) is 6.54 Å². The van der Waals surface area contributed by atoms with Gasteiger partial charge in [0.05, 0.1) is 0 Å². The lowest BCUT2D eigenvalue weighted by Crippen LogP contribution is -2.38. The molecule has 1 atom stereocenters. The summed E-state index contributed by atoms with van der Waals surface area (Å²) in [6.07, 6.45) is 4.34. The van der Waals surface area contributed by atoms with Crippen molar-refractivity contribution >= 4 is 6.09 Å². The Balaban J connectivity index is 0. The van der Waals surface area contributed by atoms with Gasteiger partial charge in [0.1, 0.15) is 5.60 Å². The summed E-state index contributed by atoms with van der Waals surface area (Å²) in [5.74, 6) is 22.0. The molecule has 6 heteroatoms. The van der Waals surface area contributed by atoms with Crippen molar-refractivity contribution in [2.24, 2.45) is 5.11 Å². The predicted octanol–water partition coefficient (Wildman–Crippen LogP) is 2.86. The smallest absolute Gasteiger partial charge is 0.407 e. The molecule has 1 unspecified atom stereocenters. The first-order valence-electron chi connectivity index (χ1n) is 7.14. The number of amides is 1. The molecule has 0 spiro atoms. The standard InChI is InChI=1S/C11H4.C8H16N4O2/c1-3-5-7-9-11-10-8-6-4-2;1-6(5-10-12-9)11-7(13)14-8(2,3)4/h1H,2H3;6H,5H2,1-4H3,(H,11,13). The van der Waals surface area contributed by atoms with Gasteiger partial charge in [-0.2, -0.15) is 0 Å². The Labute approximate surface area is 149 Å². The molecule has 0 aliphatic carbocycles. The van der Waals surface area contributed by atoms with Crippen LogP contribution in [0.4, 0.5) is 4.79 Å². The van der Waals surface area contributed by atoms with Crippen LogP contribution in [-0.2, 0) is 4.74 Å². The van der Waals surface area contributed by atoms with Gasteiger partial charge >= 0.3 is 6.09 Å². The van der Waals surface area contributed by atoms with Crippen molar-refractivity contribution in [2.45, 2.75) is 46.3 Å². The van der Waals surface area contributed by atoms with Crippen LogP contribution in [0, 0.1) is 59.7 Å². The van der Waals surface area contributed by atoms with Gasteiger partial charge in [-0.1, -0.05) is 11.0 Å². The molecule has 0 aliphatic heterocycles. The van der Waals surface area contributed by atoms with Crippen LogP contribution in [0.1, 0.15) is 34.6 Å². The van der Waals surface area contributed by atoms with Crippen LogP contribution < -0.4 is 5.32 Å². The number of azide groups is 1. The highest BCUT2D eigenvalue weighted by Crippen LogP contribution is 2.06. The zero-order valence-electron chi connectivity index (χ0n) is 15.0. The van der Waals surface area contributed by atoms with Gasteiger partial charge < -0.3 is 10.1 Å². The van der Waals surface area contributed by atoms with E-state index in [0.29, 0.717) is 0 Å². The zero-order chi connectivity index (χ0) is 19.6. The van der Waals surface area contributed by atoms with Gasteiger partial charge in [-0.05, 0) is 87.5 Å². The Kier molecular flexibility index (Phi) is 14.5. The number of ether oxygens (including phenoxy) is 1. The summed E-state index contributed by atoms with van der Waals surface area (Å²) in [5.41, 5.74) is 7.54. The Hall–Kier alpha value is -3.62. The molecule has 128 valence electrons. The van der Waals surface area contributed by atoms with E-state index in [0.717, 1.165) is 0 Å². The van der Waals surface area contributed by atoms with Crippen molar-refractivity contribution in [1.29, 1.82) is 0 Å². The van der Waals surface area contributed by atoms with Gasteiger partial charge in [-0.3, -0.25) is 0 Å². The summed E-state index contributed by atoms with van der Waals surface area (Å²) in [6.45, 7) is 9.01. The van der Waals surface area contributed by atoms with E-state index in [1.54, 1.807) is 34.6 Å². The van der Waals surface area contributed by atoms with Crippen molar-refractivity contribution < 1.29 is 9.53 Å². The van der Waals surface area contributed by atoms with E-state index in [1.165, 1.54) is 0 Å². The van der Waals surface area contributed by atoms with Crippen LogP contribution in [-0.4, -0.2) is 24.3 Å². The number of hydrogen-bond acceptors (Lipinski definition) is 3. The second kappa shape index (κ2) is 15.3. The van der Waals surface area contributed by atoms with E-state index in [-0.39, 0.29) is 12.6 Å². The zero-order valence-corrected chi connectivity index (χ0v) is 15.0. The fourth-order valence-electron chi connectivity index (χ4n) is 0.968. The van der Waals surface area contributed by atoms with Gasteiger partial charge in [-0.15, -0.1) is 6.42 Å². The van der Waals surface area contributed by atoms with Gasteiger partial charge in [0.15, 0.2) is 0 Å². The number of terminal acetylenes is 1. The van der Waals surface area contributed by atoms with E-state index in [9.17, 15) is 4.79 Å². The van der Waals surface area contributed by atoms with Crippen LogP contribution in [0.2, 0.25) is 0 Å². The number of carbonyl (C=O) groups is 1. The maximum absolute atomic E-state index is 11.2. The SMILES string of the molecule is C#CC#CC#CC#CC#CC.CC(CN=[N+]=[N-])NC(=O)OC(C)(C)C. The third-order valence-electron chi connectivity index (χ3n) is 1.75. The molecule has 1 amide bonds. The lowest BCUT2D eigenvalue weighted by atomic mass is 10.2. The van der Waals surface area contributed by atoms with Gasteiger partial charge in [0, 0.05) is 17.5 Å². The molecule has 25 heavy (non-hydrogen) atoms. The average Bonchev–Trinajstić information content (AvgIpc) is 2.51. The van der Waals surface area contributed by atoms with E-state index >= 15 is 0 Å². The largest absolute Gasteiger partial charge is 0.444 e. The quantitative estimate of drug-likeness (QED) is 0.372. The minimum Gasteiger partial charge on any atom is -0.444 e. The molecule has 6 nitrogen and oxygen atoms in total. The summed E-state index contributed by atoms with van der Waals surface area (Å²) in [5, 5.41) is 5.88. The number of nitrogens with one attached hydrogen (secondary N) is 1. The summed E-state index contributed by atoms with van der Waals surface area (Å²) >= 11 is 0. The first kappa shape index (κ1) is 23.6. The second-order valence-electron chi connectivity index (χ2n) is 5.23. The minimum absolute atomic E-state index is 0.218. The molecule has 0 radical (unpaired) electrons. The molecule has 0 saturated heterocycles. The van der Waals surface area contributed by atoms with Crippen LogP contribution in [0.5, 0.6) is 0 Å². The highest BCUT2D eigenvalue weighted by Gasteiger charge is 2.17. The molecule has 0 saturated carbocycles. The van der Waals surface area contributed by atoms with E-state index in [4.69, 9.17) is 16.7 Å². The summed E-state index contributed by atoms with van der Waals surface area (Å²) in [6, 6.07) is -0.222. The topological polar surface area (TPSA) is 87.1 Å². The number of alkyl carbamates (subject to hydrolysis) is 1. The third kappa shape index (κ3) is 22.8. The molecule has 0 aromatic heterocycles. The molecular formula is C19H20N4O2. The number of carbonyl (C=O) groups excluding carboxylic acids is 1. The molecule has 0 heterocycles. The normalized spacial score (nSPS) is 8.64. The summed E-state index contributed by atoms with van der Waals surface area (Å²) in [4.78, 5) is 13.8. The maximum atomic E-state index is 11.2. The van der Waals surface area contributed by atoms with Crippen molar-refractivity contribution in [3.63, 3.8) is 0 Å². The lowest BCUT2D eigenvalue weighted by molar-refractivity contribution is 0.0510. The first-order chi connectivity index (χ1) is 11.8. The Morgan fingerprint density at radius 3 is 2.16 bits per heavy atom. The fourth-order valence-corrected chi connectivity index (χ4v) is 0.968. The molecule has 0 aliphatic rings. The fraction of sp³-hybridized carbons (Fsp3) is 0.421. The molecule has 0 rings (SSSR count). The van der Waals surface area contributed by atoms with Crippen molar-refractivity contribution in [3.05, 3.63) is 10.4 Å². The third-order valence-corrected chi connectivity index (χ3v) is 1.75. The first-order valence-corrected chi connectivity index (χ1v) is 7.14. The summed E-state index contributed by atoms with van der Waals surface area (Å²) in [7, 11) is 0. The molecule has 0 aromatic carbocycles. The summed E-state index contributed by atoms with van der Waals surface area (Å²) < 4.78 is 5.00. The number of nitrogens with zero attached hydrogens (tertiary/aromatic N) is 3. The van der Waals surface area contributed by atoms with E-state index < -0.39 is 11.7 Å². The van der Waals surface area contributed by atoms with Crippen LogP contribution in [0.3, 0.4) is 0 Å². The highest BCUT2D eigenvalue weighted by atomic mass is 16.6. The molecule has 1 N–H and O–H groups in total. The van der Waals surface area contributed by atoms with Gasteiger partial charge in [0.2, 0.25) is 0 Å². The monoisotopic (exact) mass is 336 g/mol. The van der Waals surface area contributed by atoms with Gasteiger partial charge in [-0.25, -0.2) is 4.79 Å². The van der Waals surface area contributed by atoms with Gasteiger partial charge in [0.25, 0.3) is 0 Å². The predicted molar refractivity (Wildman–Crippen MR) is 98.5 cm³/mol. The van der Waals surface area contributed by atoms with Crippen LogP contribution in [0.15, 0.2) is 5.11 Å². The van der Waals surface area contributed by atoms with E-state index in [2.05, 4.69) is 68.6 Å². The Morgan fingerprint density at radius 1 is 1.20 bits per heavy atom. The van der Waals surface area contributed by atoms with Crippen molar-refractivity contribution in [3.8, 4) is 59.7 Å². The van der Waals surface area contributed by atoms with Crippen LogP contribution in [0.25, 0.3) is 10.4 Å². The number of rotatable bonds is 3.